The molecule has 24 heavy (non-hydrogen) atoms. The maximum absolute atomic E-state index is 12.6. The molecule has 1 aromatic rings. The molecule has 3 rings (SSSR count). The first kappa shape index (κ1) is 18.9. The van der Waals surface area contributed by atoms with Gasteiger partial charge in [-0.2, -0.15) is 8.78 Å². The summed E-state index contributed by atoms with van der Waals surface area (Å²) in [7, 11) is 0. The zero-order valence-electron chi connectivity index (χ0n) is 13.3. The van der Waals surface area contributed by atoms with Crippen molar-refractivity contribution in [2.75, 3.05) is 39.3 Å². The molecule has 1 unspecified atom stereocenters. The molecule has 0 radical (unpaired) electrons. The Labute approximate surface area is 146 Å². The van der Waals surface area contributed by atoms with Gasteiger partial charge in [0.1, 0.15) is 5.75 Å². The van der Waals surface area contributed by atoms with E-state index in [2.05, 4.69) is 15.0 Å². The molecule has 1 atom stereocenters. The van der Waals surface area contributed by atoms with Gasteiger partial charge in [-0.05, 0) is 25.1 Å². The number of hydrogen-bond donors (Lipinski definition) is 1. The van der Waals surface area contributed by atoms with Crippen LogP contribution in [-0.4, -0.2) is 67.6 Å². The van der Waals surface area contributed by atoms with Crippen molar-refractivity contribution >= 4 is 18.3 Å². The lowest BCUT2D eigenvalue weighted by atomic mass is 10.1. The van der Waals surface area contributed by atoms with E-state index in [0.717, 1.165) is 32.6 Å². The molecule has 0 aromatic heterocycles. The fourth-order valence-corrected chi connectivity index (χ4v) is 3.25. The molecule has 1 amide bonds. The number of nitrogens with one attached hydrogen (secondary N) is 1. The van der Waals surface area contributed by atoms with Gasteiger partial charge < -0.3 is 15.0 Å². The Bertz CT molecular complexity index is 548. The number of nitrogens with zero attached hydrogens (tertiary/aromatic N) is 2. The van der Waals surface area contributed by atoms with E-state index in [-0.39, 0.29) is 29.6 Å². The minimum Gasteiger partial charge on any atom is -0.434 e. The van der Waals surface area contributed by atoms with Crippen LogP contribution in [0, 0.1) is 0 Å². The molecular formula is C16H22ClF2N3O2. The summed E-state index contributed by atoms with van der Waals surface area (Å²) < 4.78 is 29.4. The summed E-state index contributed by atoms with van der Waals surface area (Å²) in [6.45, 7) is 1.96. The molecular weight excluding hydrogens is 340 g/mol. The van der Waals surface area contributed by atoms with Crippen LogP contribution < -0.4 is 10.1 Å². The highest BCUT2D eigenvalue weighted by molar-refractivity contribution is 5.97. The SMILES string of the molecule is Cl.O=C(c1ccccc1OC(F)F)N1CCN(C2CCNC2)CC1. The van der Waals surface area contributed by atoms with Crippen LogP contribution in [-0.2, 0) is 0 Å². The average Bonchev–Trinajstić information content (AvgIpc) is 3.09. The number of carbonyl (C=O) groups excluding carboxylic acids is 1. The highest BCUT2D eigenvalue weighted by Crippen LogP contribution is 2.23. The van der Waals surface area contributed by atoms with E-state index < -0.39 is 6.61 Å². The molecule has 2 saturated heterocycles. The second-order valence-electron chi connectivity index (χ2n) is 5.85. The molecule has 2 heterocycles. The lowest BCUT2D eigenvalue weighted by molar-refractivity contribution is -0.0503. The fraction of sp³-hybridized carbons (Fsp3) is 0.562. The standard InChI is InChI=1S/C16H21F2N3O2.ClH/c17-16(18)23-14-4-2-1-3-13(14)15(22)21-9-7-20(8-10-21)12-5-6-19-11-12;/h1-4,12,16,19H,5-11H2;1H. The van der Waals surface area contributed by atoms with E-state index in [0.29, 0.717) is 19.1 Å². The zero-order valence-corrected chi connectivity index (χ0v) is 14.1. The Morgan fingerprint density at radius 1 is 1.21 bits per heavy atom. The van der Waals surface area contributed by atoms with Crippen LogP contribution >= 0.6 is 12.4 Å². The van der Waals surface area contributed by atoms with Crippen LogP contribution in [0.1, 0.15) is 16.8 Å². The van der Waals surface area contributed by atoms with E-state index in [4.69, 9.17) is 0 Å². The molecule has 2 aliphatic rings. The van der Waals surface area contributed by atoms with Crippen LogP contribution in [0.4, 0.5) is 8.78 Å². The molecule has 2 aliphatic heterocycles. The van der Waals surface area contributed by atoms with Crippen LogP contribution in [0.2, 0.25) is 0 Å². The fourth-order valence-electron chi connectivity index (χ4n) is 3.25. The van der Waals surface area contributed by atoms with Crippen molar-refractivity contribution in [1.29, 1.82) is 0 Å². The minimum atomic E-state index is -2.93. The molecule has 0 saturated carbocycles. The predicted molar refractivity (Wildman–Crippen MR) is 89.1 cm³/mol. The van der Waals surface area contributed by atoms with Gasteiger partial charge in [0.25, 0.3) is 5.91 Å². The van der Waals surface area contributed by atoms with Crippen molar-refractivity contribution in [1.82, 2.24) is 15.1 Å². The second-order valence-corrected chi connectivity index (χ2v) is 5.85. The number of rotatable bonds is 4. The van der Waals surface area contributed by atoms with Crippen molar-refractivity contribution in [3.63, 3.8) is 0 Å². The number of para-hydroxylation sites is 1. The topological polar surface area (TPSA) is 44.8 Å². The molecule has 2 fully saturated rings. The van der Waals surface area contributed by atoms with Crippen LogP contribution in [0.25, 0.3) is 0 Å². The Morgan fingerprint density at radius 3 is 2.54 bits per heavy atom. The van der Waals surface area contributed by atoms with E-state index in [1.54, 1.807) is 17.0 Å². The summed E-state index contributed by atoms with van der Waals surface area (Å²) in [6.07, 6.45) is 1.14. The number of amides is 1. The van der Waals surface area contributed by atoms with Crippen molar-refractivity contribution in [3.05, 3.63) is 29.8 Å². The maximum atomic E-state index is 12.6. The number of ether oxygens (including phenoxy) is 1. The quantitative estimate of drug-likeness (QED) is 0.888. The summed E-state index contributed by atoms with van der Waals surface area (Å²) in [6, 6.07) is 6.72. The minimum absolute atomic E-state index is 0. The van der Waals surface area contributed by atoms with E-state index >= 15 is 0 Å². The first-order chi connectivity index (χ1) is 11.1. The Kier molecular flexibility index (Phi) is 6.77. The Hall–Kier alpha value is -1.44. The summed E-state index contributed by atoms with van der Waals surface area (Å²) in [5, 5.41) is 3.35. The number of carbonyl (C=O) groups is 1. The largest absolute Gasteiger partial charge is 0.434 e. The maximum Gasteiger partial charge on any atom is 0.387 e. The highest BCUT2D eigenvalue weighted by Gasteiger charge is 2.29. The summed E-state index contributed by atoms with van der Waals surface area (Å²) in [5.41, 5.74) is 0.198. The normalized spacial score (nSPS) is 21.6. The second kappa shape index (κ2) is 8.60. The Balaban J connectivity index is 0.00000208. The average molecular weight is 362 g/mol. The Morgan fingerprint density at radius 2 is 1.92 bits per heavy atom. The summed E-state index contributed by atoms with van der Waals surface area (Å²) in [4.78, 5) is 16.7. The number of alkyl halides is 2. The molecule has 1 N–H and O–H groups in total. The molecule has 0 spiro atoms. The first-order valence-electron chi connectivity index (χ1n) is 7.93. The van der Waals surface area contributed by atoms with E-state index in [1.807, 2.05) is 0 Å². The van der Waals surface area contributed by atoms with Crippen molar-refractivity contribution in [3.8, 4) is 5.75 Å². The van der Waals surface area contributed by atoms with Gasteiger partial charge in [-0.1, -0.05) is 12.1 Å². The number of piperazine rings is 1. The lowest BCUT2D eigenvalue weighted by Crippen LogP contribution is -2.52. The third-order valence-corrected chi connectivity index (χ3v) is 4.49. The molecule has 0 aliphatic carbocycles. The van der Waals surface area contributed by atoms with Gasteiger partial charge in [0, 0.05) is 38.8 Å². The van der Waals surface area contributed by atoms with Crippen LogP contribution in [0.3, 0.4) is 0 Å². The smallest absolute Gasteiger partial charge is 0.387 e. The third-order valence-electron chi connectivity index (χ3n) is 4.49. The molecule has 5 nitrogen and oxygen atoms in total. The van der Waals surface area contributed by atoms with Gasteiger partial charge in [0.05, 0.1) is 5.56 Å². The predicted octanol–water partition coefficient (Wildman–Crippen LogP) is 1.83. The molecule has 134 valence electrons. The monoisotopic (exact) mass is 361 g/mol. The summed E-state index contributed by atoms with van der Waals surface area (Å²) in [5.74, 6) is -0.305. The van der Waals surface area contributed by atoms with Crippen LogP contribution in [0.5, 0.6) is 5.75 Å². The van der Waals surface area contributed by atoms with Gasteiger partial charge in [0.2, 0.25) is 0 Å². The van der Waals surface area contributed by atoms with Crippen molar-refractivity contribution in [2.24, 2.45) is 0 Å². The van der Waals surface area contributed by atoms with E-state index in [1.165, 1.54) is 12.1 Å². The highest BCUT2D eigenvalue weighted by atomic mass is 35.5. The van der Waals surface area contributed by atoms with Gasteiger partial charge >= 0.3 is 6.61 Å². The van der Waals surface area contributed by atoms with Gasteiger partial charge in [-0.15, -0.1) is 12.4 Å². The number of hydrogen-bond acceptors (Lipinski definition) is 4. The van der Waals surface area contributed by atoms with Gasteiger partial charge in [-0.25, -0.2) is 0 Å². The number of halogens is 3. The molecule has 1 aromatic carbocycles. The molecule has 0 bridgehead atoms. The third kappa shape index (κ3) is 4.34. The van der Waals surface area contributed by atoms with Gasteiger partial charge in [-0.3, -0.25) is 9.69 Å². The first-order valence-corrected chi connectivity index (χ1v) is 7.93. The van der Waals surface area contributed by atoms with Gasteiger partial charge in [0.15, 0.2) is 0 Å². The zero-order chi connectivity index (χ0) is 16.2. The molecule has 8 heteroatoms. The lowest BCUT2D eigenvalue weighted by Gasteiger charge is -2.37. The van der Waals surface area contributed by atoms with Crippen molar-refractivity contribution < 1.29 is 18.3 Å². The number of benzene rings is 1. The summed E-state index contributed by atoms with van der Waals surface area (Å²) >= 11 is 0. The van der Waals surface area contributed by atoms with Crippen molar-refractivity contribution in [2.45, 2.75) is 19.1 Å². The van der Waals surface area contributed by atoms with E-state index in [9.17, 15) is 13.6 Å². The van der Waals surface area contributed by atoms with Crippen LogP contribution in [0.15, 0.2) is 24.3 Å².